The van der Waals surface area contributed by atoms with E-state index in [9.17, 15) is 10.2 Å². The lowest BCUT2D eigenvalue weighted by Crippen LogP contribution is -2.30. The van der Waals surface area contributed by atoms with Crippen molar-refractivity contribution in [2.24, 2.45) is 5.92 Å². The Morgan fingerprint density at radius 2 is 1.96 bits per heavy atom. The van der Waals surface area contributed by atoms with Gasteiger partial charge in [0.2, 0.25) is 0 Å². The minimum atomic E-state index is -0.862. The summed E-state index contributed by atoms with van der Waals surface area (Å²) >= 11 is 0. The number of aliphatic hydroxyl groups is 2. The lowest BCUT2D eigenvalue weighted by atomic mass is 9.94. The molecule has 0 amide bonds. The molecule has 1 saturated carbocycles. The predicted molar refractivity (Wildman–Crippen MR) is 107 cm³/mol. The number of fused-ring (bicyclic) bond motifs is 2. The number of rotatable bonds is 3. The first-order valence-electron chi connectivity index (χ1n) is 9.37. The summed E-state index contributed by atoms with van der Waals surface area (Å²) in [5, 5.41) is 24.4. The highest BCUT2D eigenvalue weighted by Gasteiger charge is 2.42. The normalized spacial score (nSPS) is 24.9. The Morgan fingerprint density at radius 3 is 2.86 bits per heavy atom. The van der Waals surface area contributed by atoms with Crippen LogP contribution in [0.3, 0.4) is 0 Å². The van der Waals surface area contributed by atoms with Crippen LogP contribution in [0.4, 0.5) is 5.82 Å². The smallest absolute Gasteiger partial charge is 0.145 e. The summed E-state index contributed by atoms with van der Waals surface area (Å²) in [5.41, 5.74) is 7.73. The lowest BCUT2D eigenvalue weighted by molar-refractivity contribution is 0.00684. The van der Waals surface area contributed by atoms with E-state index in [4.69, 9.17) is 5.73 Å². The van der Waals surface area contributed by atoms with Gasteiger partial charge in [0.1, 0.15) is 23.9 Å². The highest BCUT2D eigenvalue weighted by molar-refractivity contribution is 5.86. The number of anilines is 1. The second-order valence-corrected chi connectivity index (χ2v) is 7.52. The van der Waals surface area contributed by atoms with Gasteiger partial charge in [-0.05, 0) is 47.9 Å². The van der Waals surface area contributed by atoms with Gasteiger partial charge in [0.15, 0.2) is 0 Å². The summed E-state index contributed by atoms with van der Waals surface area (Å²) in [6.45, 7) is 0. The van der Waals surface area contributed by atoms with Gasteiger partial charge in [-0.2, -0.15) is 0 Å². The molecule has 3 aromatic heterocycles. The van der Waals surface area contributed by atoms with E-state index in [2.05, 4.69) is 33.2 Å². The molecule has 0 bridgehead atoms. The molecular weight excluding hydrogens is 354 g/mol. The third-order valence-corrected chi connectivity index (χ3v) is 5.87. The number of benzene rings is 1. The monoisotopic (exact) mass is 375 g/mol. The summed E-state index contributed by atoms with van der Waals surface area (Å²) in [6.07, 6.45) is 6.59. The second kappa shape index (κ2) is 6.54. The second-order valence-electron chi connectivity index (χ2n) is 7.52. The number of hydrogen-bond acceptors (Lipinski definition) is 6. The molecule has 3 heterocycles. The minimum absolute atomic E-state index is 0.0502. The molecule has 142 valence electrons. The van der Waals surface area contributed by atoms with Crippen molar-refractivity contribution in [3.05, 3.63) is 60.8 Å². The summed E-state index contributed by atoms with van der Waals surface area (Å²) < 4.78 is 1.91. The van der Waals surface area contributed by atoms with Crippen molar-refractivity contribution >= 4 is 27.6 Å². The van der Waals surface area contributed by atoms with Crippen LogP contribution >= 0.6 is 0 Å². The number of hydrogen-bond donors (Lipinski definition) is 3. The Labute approximate surface area is 161 Å². The number of nitrogens with two attached hydrogens (primary N) is 1. The molecule has 28 heavy (non-hydrogen) atoms. The molecule has 1 aliphatic rings. The van der Waals surface area contributed by atoms with Gasteiger partial charge in [-0.15, -0.1) is 0 Å². The van der Waals surface area contributed by atoms with E-state index >= 15 is 0 Å². The summed E-state index contributed by atoms with van der Waals surface area (Å²) in [6, 6.07) is 9.83. The van der Waals surface area contributed by atoms with Crippen molar-refractivity contribution < 1.29 is 10.2 Å². The fraction of sp³-hybridized carbons (Fsp3) is 0.286. The van der Waals surface area contributed by atoms with Crippen LogP contribution in [-0.4, -0.2) is 41.9 Å². The van der Waals surface area contributed by atoms with Crippen LogP contribution in [0.25, 0.3) is 21.8 Å². The standard InChI is InChI=1S/C21H21N5O2/c22-20-16-4-6-26(21(16)25-11-24-20)17-9-14(18(27)19(17)28)7-12-1-2-13-3-5-23-10-15(13)8-12/h1-6,8,10-11,14,17-19,27-28H,7,9H2,(H2,22,24,25)/t14-,17+,18+,19-/m0/s1. The van der Waals surface area contributed by atoms with E-state index in [-0.39, 0.29) is 12.0 Å². The number of pyridine rings is 1. The van der Waals surface area contributed by atoms with Gasteiger partial charge in [0.05, 0.1) is 17.5 Å². The van der Waals surface area contributed by atoms with Gasteiger partial charge in [0, 0.05) is 24.0 Å². The van der Waals surface area contributed by atoms with E-state index in [1.807, 2.05) is 29.1 Å². The number of aromatic nitrogens is 4. The molecule has 0 unspecified atom stereocenters. The maximum absolute atomic E-state index is 10.7. The van der Waals surface area contributed by atoms with Crippen LogP contribution in [0.1, 0.15) is 18.0 Å². The Hall–Kier alpha value is -3.03. The fourth-order valence-corrected chi connectivity index (χ4v) is 4.40. The van der Waals surface area contributed by atoms with Crippen molar-refractivity contribution in [2.45, 2.75) is 31.1 Å². The van der Waals surface area contributed by atoms with Crippen LogP contribution in [0.15, 0.2) is 55.2 Å². The number of aliphatic hydroxyl groups excluding tert-OH is 2. The molecule has 0 saturated heterocycles. The largest absolute Gasteiger partial charge is 0.390 e. The maximum Gasteiger partial charge on any atom is 0.145 e. The first-order valence-corrected chi connectivity index (χ1v) is 9.37. The summed E-state index contributed by atoms with van der Waals surface area (Å²) in [4.78, 5) is 12.5. The molecule has 1 fully saturated rings. The molecule has 4 aromatic rings. The van der Waals surface area contributed by atoms with E-state index < -0.39 is 12.2 Å². The van der Waals surface area contributed by atoms with Gasteiger partial charge < -0.3 is 20.5 Å². The lowest BCUT2D eigenvalue weighted by Gasteiger charge is -2.19. The number of nitrogens with zero attached hydrogens (tertiary/aromatic N) is 4. The van der Waals surface area contributed by atoms with Crippen LogP contribution in [0.5, 0.6) is 0 Å². The highest BCUT2D eigenvalue weighted by Crippen LogP contribution is 2.39. The molecule has 7 heteroatoms. The van der Waals surface area contributed by atoms with E-state index in [0.29, 0.717) is 24.3 Å². The average molecular weight is 375 g/mol. The van der Waals surface area contributed by atoms with Crippen molar-refractivity contribution in [2.75, 3.05) is 5.73 Å². The molecule has 0 radical (unpaired) electrons. The van der Waals surface area contributed by atoms with Crippen LogP contribution in [-0.2, 0) is 6.42 Å². The Morgan fingerprint density at radius 1 is 1.07 bits per heavy atom. The zero-order valence-electron chi connectivity index (χ0n) is 15.2. The van der Waals surface area contributed by atoms with Crippen LogP contribution in [0.2, 0.25) is 0 Å². The Bertz CT molecular complexity index is 1160. The first-order chi connectivity index (χ1) is 13.6. The molecule has 4 atom stereocenters. The average Bonchev–Trinajstić information content (AvgIpc) is 3.25. The molecule has 0 spiro atoms. The van der Waals surface area contributed by atoms with E-state index in [1.165, 1.54) is 6.33 Å². The van der Waals surface area contributed by atoms with Crippen molar-refractivity contribution in [1.82, 2.24) is 19.5 Å². The molecule has 5 rings (SSSR count). The molecule has 0 aliphatic heterocycles. The van der Waals surface area contributed by atoms with E-state index in [1.54, 1.807) is 6.20 Å². The predicted octanol–water partition coefficient (Wildman–Crippen LogP) is 2.09. The van der Waals surface area contributed by atoms with Gasteiger partial charge >= 0.3 is 0 Å². The zero-order chi connectivity index (χ0) is 19.3. The van der Waals surface area contributed by atoms with Crippen molar-refractivity contribution in [1.29, 1.82) is 0 Å². The van der Waals surface area contributed by atoms with Crippen LogP contribution < -0.4 is 5.73 Å². The summed E-state index contributed by atoms with van der Waals surface area (Å²) in [7, 11) is 0. The first kappa shape index (κ1) is 17.1. The minimum Gasteiger partial charge on any atom is -0.390 e. The number of nitrogen functional groups attached to an aromatic ring is 1. The summed E-state index contributed by atoms with van der Waals surface area (Å²) in [5.74, 6) is 0.365. The molecule has 1 aromatic carbocycles. The third-order valence-electron chi connectivity index (χ3n) is 5.87. The Balaban J connectivity index is 1.43. The quantitative estimate of drug-likeness (QED) is 0.506. The van der Waals surface area contributed by atoms with Gasteiger partial charge in [0.25, 0.3) is 0 Å². The SMILES string of the molecule is Nc1ncnc2c1ccn2[C@@H]1C[C@H](Cc2ccc3ccncc3c2)[C@@H](O)[C@H]1O. The molecule has 7 nitrogen and oxygen atoms in total. The maximum atomic E-state index is 10.7. The van der Waals surface area contributed by atoms with Crippen LogP contribution in [0, 0.1) is 5.92 Å². The molecular formula is C21H21N5O2. The highest BCUT2D eigenvalue weighted by atomic mass is 16.3. The Kier molecular flexibility index (Phi) is 3.99. The van der Waals surface area contributed by atoms with Gasteiger partial charge in [-0.3, -0.25) is 4.98 Å². The molecule has 4 N–H and O–H groups in total. The molecule has 1 aliphatic carbocycles. The van der Waals surface area contributed by atoms with Gasteiger partial charge in [-0.25, -0.2) is 9.97 Å². The van der Waals surface area contributed by atoms with Crippen molar-refractivity contribution in [3.63, 3.8) is 0 Å². The van der Waals surface area contributed by atoms with E-state index in [0.717, 1.165) is 21.7 Å². The third kappa shape index (κ3) is 2.71. The fourth-order valence-electron chi connectivity index (χ4n) is 4.40. The van der Waals surface area contributed by atoms with Gasteiger partial charge in [-0.1, -0.05) is 12.1 Å². The zero-order valence-corrected chi connectivity index (χ0v) is 15.2. The van der Waals surface area contributed by atoms with Crippen molar-refractivity contribution in [3.8, 4) is 0 Å². The topological polar surface area (TPSA) is 110 Å².